The third-order valence-electron chi connectivity index (χ3n) is 5.87. The van der Waals surface area contributed by atoms with Crippen molar-refractivity contribution in [1.29, 1.82) is 0 Å². The van der Waals surface area contributed by atoms with Crippen molar-refractivity contribution >= 4 is 31.2 Å². The smallest absolute Gasteiger partial charge is 0.423 e. The molecule has 0 atom stereocenters. The van der Waals surface area contributed by atoms with Gasteiger partial charge in [-0.15, -0.1) is 5.54 Å². The minimum absolute atomic E-state index is 0.110. The number of hydrogen-bond donors (Lipinski definition) is 2. The van der Waals surface area contributed by atoms with Gasteiger partial charge < -0.3 is 14.6 Å². The first-order valence-electron chi connectivity index (χ1n) is 11.5. The third kappa shape index (κ3) is 6.29. The first-order valence-corrected chi connectivity index (χ1v) is 13.8. The van der Waals surface area contributed by atoms with Gasteiger partial charge in [-0.25, -0.2) is 19.9 Å². The molecule has 0 fully saturated rings. The number of benzene rings is 1. The Morgan fingerprint density at radius 1 is 1.03 bits per heavy atom. The largest absolute Gasteiger partial charge is 0.507 e. The molecule has 0 aliphatic carbocycles. The first-order chi connectivity index (χ1) is 15.7. The van der Waals surface area contributed by atoms with Crippen LogP contribution in [-0.2, 0) is 4.74 Å². The first kappa shape index (κ1) is 27.2. The maximum atomic E-state index is 12.1. The van der Waals surface area contributed by atoms with Crippen molar-refractivity contribution in [1.82, 2.24) is 10.3 Å². The van der Waals surface area contributed by atoms with Crippen LogP contribution in [0.5, 0.6) is 11.6 Å². The van der Waals surface area contributed by atoms with Gasteiger partial charge in [0.25, 0.3) is 0 Å². The monoisotopic (exact) mass is 484 g/mol. The van der Waals surface area contributed by atoms with Gasteiger partial charge in [0, 0.05) is 11.6 Å². The van der Waals surface area contributed by atoms with Crippen molar-refractivity contribution in [2.75, 3.05) is 0 Å². The number of carbonyl (C=O) groups is 2. The van der Waals surface area contributed by atoms with Crippen molar-refractivity contribution < 1.29 is 24.2 Å². The lowest BCUT2D eigenvalue weighted by atomic mass is 10.1. The Hall–Kier alpha value is -3.05. The van der Waals surface area contributed by atoms with Crippen LogP contribution in [0.4, 0.5) is 9.59 Å². The Balaban J connectivity index is 2.40. The summed E-state index contributed by atoms with van der Waals surface area (Å²) in [6.07, 6.45) is -1.99. The lowest BCUT2D eigenvalue weighted by Gasteiger charge is -2.38. The van der Waals surface area contributed by atoms with Crippen LogP contribution in [-0.4, -0.2) is 36.0 Å². The fourth-order valence-corrected chi connectivity index (χ4v) is 9.73. The summed E-state index contributed by atoms with van der Waals surface area (Å²) < 4.78 is 10.1. The van der Waals surface area contributed by atoms with Crippen LogP contribution in [0.25, 0.3) is 10.9 Å². The summed E-state index contributed by atoms with van der Waals surface area (Å²) in [4.78, 5) is 28.1. The molecule has 0 saturated heterocycles. The Morgan fingerprint density at radius 3 is 2.15 bits per heavy atom. The van der Waals surface area contributed by atoms with E-state index in [4.69, 9.17) is 9.47 Å². The highest BCUT2D eigenvalue weighted by Crippen LogP contribution is 2.41. The van der Waals surface area contributed by atoms with Gasteiger partial charge in [-0.1, -0.05) is 53.5 Å². The molecular weight excluding hydrogens is 448 g/mol. The number of alkyl carbamates (subject to hydrolysis) is 1. The molecule has 1 aromatic carbocycles. The van der Waals surface area contributed by atoms with Gasteiger partial charge in [0.05, 0.1) is 10.9 Å². The summed E-state index contributed by atoms with van der Waals surface area (Å²) in [7, 11) is -1.97. The average molecular weight is 485 g/mol. The van der Waals surface area contributed by atoms with E-state index in [0.717, 1.165) is 0 Å². The molecule has 2 amide bonds. The normalized spacial score (nSPS) is 12.0. The van der Waals surface area contributed by atoms with E-state index in [2.05, 4.69) is 58.0 Å². The van der Waals surface area contributed by atoms with Gasteiger partial charge in [-0.3, -0.25) is 0 Å². The molecule has 1 heterocycles. The molecule has 2 N–H and O–H groups in total. The van der Waals surface area contributed by atoms with Crippen molar-refractivity contribution in [3.8, 4) is 23.1 Å². The topological polar surface area (TPSA) is 97.8 Å². The van der Waals surface area contributed by atoms with Crippen LogP contribution < -0.4 is 10.1 Å². The van der Waals surface area contributed by atoms with Gasteiger partial charge in [0.1, 0.15) is 19.4 Å². The Labute approximate surface area is 203 Å². The number of ether oxygens (including phenoxy) is 2. The molecule has 0 radical (unpaired) electrons. The fourth-order valence-electron chi connectivity index (χ4n) is 4.52. The second-order valence-electron chi connectivity index (χ2n) is 10.3. The summed E-state index contributed by atoms with van der Waals surface area (Å²) in [6, 6.07) is 6.59. The number of carbonyl (C=O) groups excluding carboxylic acids is 2. The predicted molar refractivity (Wildman–Crippen MR) is 137 cm³/mol. The van der Waals surface area contributed by atoms with Crippen LogP contribution >= 0.6 is 0 Å². The molecule has 0 bridgehead atoms. The van der Waals surface area contributed by atoms with Crippen molar-refractivity contribution in [2.24, 2.45) is 0 Å². The molecule has 184 valence electrons. The second-order valence-corrected chi connectivity index (χ2v) is 15.9. The number of imide groups is 1. The lowest BCUT2D eigenvalue weighted by molar-refractivity contribution is 0.0533. The number of hydrogen-bond acceptors (Lipinski definition) is 6. The third-order valence-corrected chi connectivity index (χ3v) is 12.2. The Bertz CT molecular complexity index is 1100. The van der Waals surface area contributed by atoms with Gasteiger partial charge in [-0.2, -0.15) is 0 Å². The van der Waals surface area contributed by atoms with Crippen molar-refractivity contribution in [3.63, 3.8) is 0 Å². The number of rotatable bonds is 4. The van der Waals surface area contributed by atoms with Crippen molar-refractivity contribution in [3.05, 3.63) is 29.8 Å². The summed E-state index contributed by atoms with van der Waals surface area (Å²) in [6.45, 7) is 18.5. The van der Waals surface area contributed by atoms with Gasteiger partial charge in [-0.05, 0) is 49.5 Å². The van der Waals surface area contributed by atoms with Crippen LogP contribution in [0.3, 0.4) is 0 Å². The molecular formula is C26H36N2O5Si. The molecule has 34 heavy (non-hydrogen) atoms. The molecule has 7 nitrogen and oxygen atoms in total. The van der Waals surface area contributed by atoms with E-state index in [1.807, 2.05) is 11.4 Å². The van der Waals surface area contributed by atoms with Crippen LogP contribution in [0, 0.1) is 11.5 Å². The zero-order valence-corrected chi connectivity index (χ0v) is 22.6. The molecule has 2 aromatic rings. The van der Waals surface area contributed by atoms with Crippen LogP contribution in [0.15, 0.2) is 24.3 Å². The minimum atomic E-state index is -1.97. The number of aromatic nitrogens is 1. The zero-order valence-electron chi connectivity index (χ0n) is 21.6. The highest BCUT2D eigenvalue weighted by atomic mass is 28.3. The second kappa shape index (κ2) is 10.5. The predicted octanol–water partition coefficient (Wildman–Crippen LogP) is 6.53. The maximum Gasteiger partial charge on any atom is 0.423 e. The molecule has 0 saturated carbocycles. The van der Waals surface area contributed by atoms with Crippen LogP contribution in [0.2, 0.25) is 16.6 Å². The Kier molecular flexibility index (Phi) is 8.38. The summed E-state index contributed by atoms with van der Waals surface area (Å²) in [5.74, 6) is 3.09. The number of nitrogens with zero attached hydrogens (tertiary/aromatic N) is 1. The summed E-state index contributed by atoms with van der Waals surface area (Å²) in [5, 5.41) is 13.2. The molecule has 0 aliphatic heterocycles. The fraction of sp³-hybridized carbons (Fsp3) is 0.500. The standard InChI is InChI=1S/C26H36N2O5Si/c1-16(2)34(17(3)4,18(5)6)14-13-19-11-10-12-20-23(19)21(29)15-22(27-20)32-24(30)28-25(31)33-26(7,8)9/h10-12,15-18H,1-9H3,(H,27,29)(H,28,30,31). The Morgan fingerprint density at radius 2 is 1.62 bits per heavy atom. The molecule has 2 rings (SSSR count). The molecule has 1 aromatic heterocycles. The molecule has 0 unspecified atom stereocenters. The number of amides is 2. The van der Waals surface area contributed by atoms with E-state index < -0.39 is 25.9 Å². The quantitative estimate of drug-likeness (QED) is 0.378. The van der Waals surface area contributed by atoms with E-state index in [0.29, 0.717) is 33.1 Å². The van der Waals surface area contributed by atoms with E-state index in [1.165, 1.54) is 6.07 Å². The SMILES string of the molecule is CC(C)[Si](C#Cc1cccc2nc(OC(=O)NC(=O)OC(C)(C)C)cc(O)c12)(C(C)C)C(C)C. The van der Waals surface area contributed by atoms with E-state index >= 15 is 0 Å². The molecule has 0 spiro atoms. The number of pyridine rings is 1. The number of fused-ring (bicyclic) bond motifs is 1. The lowest BCUT2D eigenvalue weighted by Crippen LogP contribution is -2.43. The summed E-state index contributed by atoms with van der Waals surface area (Å²) >= 11 is 0. The van der Waals surface area contributed by atoms with Crippen LogP contribution in [0.1, 0.15) is 67.9 Å². The minimum Gasteiger partial charge on any atom is -0.507 e. The zero-order chi connectivity index (χ0) is 25.8. The van der Waals surface area contributed by atoms with Gasteiger partial charge in [0.2, 0.25) is 5.88 Å². The number of nitrogens with one attached hydrogen (secondary N) is 1. The van der Waals surface area contributed by atoms with E-state index in [9.17, 15) is 14.7 Å². The van der Waals surface area contributed by atoms with E-state index in [-0.39, 0.29) is 11.6 Å². The highest BCUT2D eigenvalue weighted by molar-refractivity contribution is 6.90. The highest BCUT2D eigenvalue weighted by Gasteiger charge is 2.41. The summed E-state index contributed by atoms with van der Waals surface area (Å²) in [5.41, 5.74) is 5.43. The number of aromatic hydroxyl groups is 1. The van der Waals surface area contributed by atoms with Gasteiger partial charge >= 0.3 is 12.2 Å². The average Bonchev–Trinajstić information content (AvgIpc) is 2.65. The van der Waals surface area contributed by atoms with Crippen molar-refractivity contribution in [2.45, 2.75) is 84.5 Å². The maximum absolute atomic E-state index is 12.1. The van der Waals surface area contributed by atoms with E-state index in [1.54, 1.807) is 32.9 Å². The molecule has 0 aliphatic rings. The molecule has 8 heteroatoms. The van der Waals surface area contributed by atoms with Gasteiger partial charge in [0.15, 0.2) is 0 Å².